The lowest BCUT2D eigenvalue weighted by Crippen LogP contribution is -2.03. The van der Waals surface area contributed by atoms with Crippen LogP contribution in [0.25, 0.3) is 0 Å². The van der Waals surface area contributed by atoms with Gasteiger partial charge in [0.2, 0.25) is 0 Å². The molecule has 1 atom stereocenters. The van der Waals surface area contributed by atoms with E-state index in [-0.39, 0.29) is 18.4 Å². The summed E-state index contributed by atoms with van der Waals surface area (Å²) in [5, 5.41) is 9.47. The Morgan fingerprint density at radius 3 is 1.08 bits per heavy atom. The SMILES string of the molecule is CCCCCCCCCCCCCCCCCCC(O)CC.N.N. The first-order chi connectivity index (χ1) is 10.8. The fourth-order valence-electron chi connectivity index (χ4n) is 3.13. The molecule has 0 aromatic carbocycles. The van der Waals surface area contributed by atoms with E-state index in [0.29, 0.717) is 0 Å². The molecule has 24 heavy (non-hydrogen) atoms. The van der Waals surface area contributed by atoms with Crippen LogP contribution in [-0.2, 0) is 0 Å². The highest BCUT2D eigenvalue weighted by Crippen LogP contribution is 2.14. The quantitative estimate of drug-likeness (QED) is 0.222. The fourth-order valence-corrected chi connectivity index (χ4v) is 3.13. The smallest absolute Gasteiger partial charge is 0.0537 e. The van der Waals surface area contributed by atoms with Crippen molar-refractivity contribution < 1.29 is 5.11 Å². The molecule has 0 amide bonds. The van der Waals surface area contributed by atoms with Gasteiger partial charge in [0.25, 0.3) is 0 Å². The molecular weight excluding hydrogens is 296 g/mol. The molecule has 3 nitrogen and oxygen atoms in total. The topological polar surface area (TPSA) is 90.2 Å². The van der Waals surface area contributed by atoms with Crippen LogP contribution in [0.1, 0.15) is 129 Å². The number of hydrogen-bond acceptors (Lipinski definition) is 3. The molecule has 0 aliphatic carbocycles. The second kappa shape index (κ2) is 25.1. The van der Waals surface area contributed by atoms with Crippen LogP contribution in [0.3, 0.4) is 0 Å². The summed E-state index contributed by atoms with van der Waals surface area (Å²) in [6.45, 7) is 4.36. The maximum absolute atomic E-state index is 9.47. The highest BCUT2D eigenvalue weighted by atomic mass is 16.3. The monoisotopic (exact) mass is 346 g/mol. The van der Waals surface area contributed by atoms with Crippen LogP contribution in [0.5, 0.6) is 0 Å². The van der Waals surface area contributed by atoms with Crippen molar-refractivity contribution in [1.82, 2.24) is 12.3 Å². The van der Waals surface area contributed by atoms with Crippen molar-refractivity contribution in [2.45, 2.75) is 136 Å². The van der Waals surface area contributed by atoms with E-state index in [0.717, 1.165) is 12.8 Å². The minimum Gasteiger partial charge on any atom is -0.393 e. The highest BCUT2D eigenvalue weighted by Gasteiger charge is 1.99. The van der Waals surface area contributed by atoms with Crippen molar-refractivity contribution in [2.24, 2.45) is 0 Å². The highest BCUT2D eigenvalue weighted by molar-refractivity contribution is 4.54. The molecule has 0 heterocycles. The predicted octanol–water partition coefficient (Wildman–Crippen LogP) is 7.73. The maximum Gasteiger partial charge on any atom is 0.0537 e. The summed E-state index contributed by atoms with van der Waals surface area (Å²) < 4.78 is 0. The Morgan fingerprint density at radius 1 is 0.500 bits per heavy atom. The van der Waals surface area contributed by atoms with E-state index < -0.39 is 0 Å². The van der Waals surface area contributed by atoms with Gasteiger partial charge in [-0.3, -0.25) is 0 Å². The van der Waals surface area contributed by atoms with Gasteiger partial charge in [0.1, 0.15) is 0 Å². The van der Waals surface area contributed by atoms with Gasteiger partial charge in [-0.05, 0) is 12.8 Å². The molecule has 150 valence electrons. The van der Waals surface area contributed by atoms with Gasteiger partial charge >= 0.3 is 0 Å². The number of aliphatic hydroxyl groups is 1. The minimum atomic E-state index is -0.0494. The number of aliphatic hydroxyl groups excluding tert-OH is 1. The van der Waals surface area contributed by atoms with Crippen LogP contribution < -0.4 is 12.3 Å². The zero-order valence-corrected chi connectivity index (χ0v) is 17.2. The van der Waals surface area contributed by atoms with E-state index in [9.17, 15) is 5.11 Å². The second-order valence-electron chi connectivity index (χ2n) is 7.15. The first-order valence-corrected chi connectivity index (χ1v) is 10.5. The van der Waals surface area contributed by atoms with E-state index in [1.54, 1.807) is 0 Å². The third-order valence-corrected chi connectivity index (χ3v) is 4.86. The summed E-state index contributed by atoms with van der Waals surface area (Å²) in [4.78, 5) is 0. The number of hydrogen-bond donors (Lipinski definition) is 3. The Kier molecular flexibility index (Phi) is 30.0. The first kappa shape index (κ1) is 28.7. The van der Waals surface area contributed by atoms with Crippen molar-refractivity contribution in [2.75, 3.05) is 0 Å². The summed E-state index contributed by atoms with van der Waals surface area (Å²) in [5.74, 6) is 0. The van der Waals surface area contributed by atoms with E-state index >= 15 is 0 Å². The molecule has 0 bridgehead atoms. The molecule has 0 rings (SSSR count). The Morgan fingerprint density at radius 2 is 0.792 bits per heavy atom. The molecule has 1 unspecified atom stereocenters. The molecule has 0 aromatic heterocycles. The molecule has 0 saturated heterocycles. The van der Waals surface area contributed by atoms with Gasteiger partial charge in [0, 0.05) is 0 Å². The van der Waals surface area contributed by atoms with Gasteiger partial charge in [0.15, 0.2) is 0 Å². The first-order valence-electron chi connectivity index (χ1n) is 10.5. The van der Waals surface area contributed by atoms with Crippen LogP contribution in [0.15, 0.2) is 0 Å². The van der Waals surface area contributed by atoms with Gasteiger partial charge in [-0.1, -0.05) is 117 Å². The van der Waals surface area contributed by atoms with E-state index in [2.05, 4.69) is 13.8 Å². The Hall–Kier alpha value is -0.120. The lowest BCUT2D eigenvalue weighted by atomic mass is 10.0. The summed E-state index contributed by atoms with van der Waals surface area (Å²) in [6.07, 6.45) is 24.5. The summed E-state index contributed by atoms with van der Waals surface area (Å²) in [5.41, 5.74) is 0. The molecule has 0 saturated carbocycles. The zero-order valence-electron chi connectivity index (χ0n) is 17.2. The van der Waals surface area contributed by atoms with Crippen LogP contribution >= 0.6 is 0 Å². The third kappa shape index (κ3) is 24.1. The molecule has 0 aliphatic heterocycles. The number of unbranched alkanes of at least 4 members (excludes halogenated alkanes) is 15. The van der Waals surface area contributed by atoms with Crippen molar-refractivity contribution in [3.63, 3.8) is 0 Å². The van der Waals surface area contributed by atoms with Crippen LogP contribution in [0.2, 0.25) is 0 Å². The lowest BCUT2D eigenvalue weighted by Gasteiger charge is -2.06. The maximum atomic E-state index is 9.47. The Bertz CT molecular complexity index is 200. The third-order valence-electron chi connectivity index (χ3n) is 4.86. The average Bonchev–Trinajstić information content (AvgIpc) is 2.54. The van der Waals surface area contributed by atoms with Gasteiger partial charge < -0.3 is 17.4 Å². The minimum absolute atomic E-state index is 0. The predicted molar refractivity (Wildman–Crippen MR) is 111 cm³/mol. The largest absolute Gasteiger partial charge is 0.393 e. The van der Waals surface area contributed by atoms with E-state index in [1.165, 1.54) is 103 Å². The molecule has 3 heteroatoms. The summed E-state index contributed by atoms with van der Waals surface area (Å²) >= 11 is 0. The van der Waals surface area contributed by atoms with Gasteiger partial charge in [0.05, 0.1) is 6.10 Å². The summed E-state index contributed by atoms with van der Waals surface area (Å²) in [7, 11) is 0. The lowest BCUT2D eigenvalue weighted by molar-refractivity contribution is 0.156. The standard InChI is InChI=1S/C21H44O.2H3N/c1-3-5-6-7-8-9-10-11-12-13-14-15-16-17-18-19-20-21(22)4-2;;/h21-22H,3-20H2,1-2H3;2*1H3. The molecular formula is C21H50N2O. The molecule has 0 spiro atoms. The average molecular weight is 347 g/mol. The summed E-state index contributed by atoms with van der Waals surface area (Å²) in [6, 6.07) is 0. The normalized spacial score (nSPS) is 11.6. The van der Waals surface area contributed by atoms with E-state index in [1.807, 2.05) is 0 Å². The molecule has 0 radical (unpaired) electrons. The van der Waals surface area contributed by atoms with Crippen LogP contribution in [0, 0.1) is 0 Å². The fraction of sp³-hybridized carbons (Fsp3) is 1.00. The second-order valence-corrected chi connectivity index (χ2v) is 7.15. The molecule has 0 fully saturated rings. The van der Waals surface area contributed by atoms with Crippen molar-refractivity contribution in [3.05, 3.63) is 0 Å². The molecule has 0 aliphatic rings. The van der Waals surface area contributed by atoms with Crippen LogP contribution in [-0.4, -0.2) is 11.2 Å². The molecule has 0 aromatic rings. The zero-order chi connectivity index (χ0) is 16.3. The van der Waals surface area contributed by atoms with Crippen molar-refractivity contribution in [1.29, 1.82) is 0 Å². The van der Waals surface area contributed by atoms with Crippen molar-refractivity contribution >= 4 is 0 Å². The van der Waals surface area contributed by atoms with Crippen molar-refractivity contribution in [3.8, 4) is 0 Å². The Balaban J connectivity index is -0.00000220. The van der Waals surface area contributed by atoms with Gasteiger partial charge in [-0.25, -0.2) is 0 Å². The number of rotatable bonds is 18. The van der Waals surface area contributed by atoms with Crippen LogP contribution in [0.4, 0.5) is 0 Å². The van der Waals surface area contributed by atoms with Gasteiger partial charge in [-0.15, -0.1) is 0 Å². The van der Waals surface area contributed by atoms with Gasteiger partial charge in [-0.2, -0.15) is 0 Å². The molecule has 7 N–H and O–H groups in total. The van der Waals surface area contributed by atoms with E-state index in [4.69, 9.17) is 0 Å². The Labute approximate surface area is 153 Å².